The van der Waals surface area contributed by atoms with Crippen molar-refractivity contribution in [3.8, 4) is 5.75 Å². The Morgan fingerprint density at radius 1 is 1.60 bits per heavy atom. The van der Waals surface area contributed by atoms with Gasteiger partial charge in [0.05, 0.1) is 32.3 Å². The van der Waals surface area contributed by atoms with Gasteiger partial charge in [0.15, 0.2) is 0 Å². The van der Waals surface area contributed by atoms with Crippen LogP contribution in [0.25, 0.3) is 0 Å². The van der Waals surface area contributed by atoms with E-state index in [-0.39, 0.29) is 18.1 Å². The third-order valence-corrected chi connectivity index (χ3v) is 3.39. The Balaban J connectivity index is 1.86. The first kappa shape index (κ1) is 14.8. The van der Waals surface area contributed by atoms with Crippen molar-refractivity contribution in [3.05, 3.63) is 29.8 Å². The predicted molar refractivity (Wildman–Crippen MR) is 76.8 cm³/mol. The van der Waals surface area contributed by atoms with Crippen LogP contribution in [0.4, 0.5) is 0 Å². The van der Waals surface area contributed by atoms with E-state index in [0.717, 1.165) is 24.4 Å². The van der Waals surface area contributed by atoms with Gasteiger partial charge in [-0.25, -0.2) is 0 Å². The number of ether oxygens (including phenoxy) is 2. The molecule has 1 aliphatic rings. The molecule has 20 heavy (non-hydrogen) atoms. The van der Waals surface area contributed by atoms with Crippen LogP contribution in [0.5, 0.6) is 5.75 Å². The molecule has 1 heterocycles. The highest BCUT2D eigenvalue weighted by molar-refractivity contribution is 5.77. The van der Waals surface area contributed by atoms with Crippen molar-refractivity contribution in [2.24, 2.45) is 0 Å². The van der Waals surface area contributed by atoms with Gasteiger partial charge >= 0.3 is 0 Å². The maximum Gasteiger partial charge on any atom is 0.223 e. The van der Waals surface area contributed by atoms with Crippen molar-refractivity contribution in [1.29, 1.82) is 0 Å². The van der Waals surface area contributed by atoms with Gasteiger partial charge < -0.3 is 20.1 Å². The fourth-order valence-electron chi connectivity index (χ4n) is 2.25. The van der Waals surface area contributed by atoms with Crippen LogP contribution in [0.3, 0.4) is 0 Å². The number of morpholine rings is 1. The molecule has 0 aliphatic carbocycles. The van der Waals surface area contributed by atoms with E-state index in [1.165, 1.54) is 0 Å². The number of amides is 1. The van der Waals surface area contributed by atoms with Crippen molar-refractivity contribution in [1.82, 2.24) is 10.6 Å². The molecule has 1 amide bonds. The Morgan fingerprint density at radius 3 is 3.15 bits per heavy atom. The second-order valence-corrected chi connectivity index (χ2v) is 4.97. The lowest BCUT2D eigenvalue weighted by atomic mass is 10.1. The molecule has 1 saturated heterocycles. The summed E-state index contributed by atoms with van der Waals surface area (Å²) >= 11 is 0. The summed E-state index contributed by atoms with van der Waals surface area (Å²) < 4.78 is 10.7. The minimum atomic E-state index is -0.0471. The smallest absolute Gasteiger partial charge is 0.223 e. The number of nitrogens with one attached hydrogen (secondary N) is 2. The summed E-state index contributed by atoms with van der Waals surface area (Å²) in [5.41, 5.74) is 1.03. The summed E-state index contributed by atoms with van der Waals surface area (Å²) in [6, 6.07) is 7.68. The Kier molecular flexibility index (Phi) is 5.38. The molecule has 0 aromatic heterocycles. The summed E-state index contributed by atoms with van der Waals surface area (Å²) in [5, 5.41) is 6.21. The van der Waals surface area contributed by atoms with Gasteiger partial charge in [-0.3, -0.25) is 4.79 Å². The van der Waals surface area contributed by atoms with Crippen LogP contribution in [0.1, 0.15) is 24.9 Å². The third-order valence-electron chi connectivity index (χ3n) is 3.39. The van der Waals surface area contributed by atoms with E-state index >= 15 is 0 Å². The minimum absolute atomic E-state index is 0.00835. The highest BCUT2D eigenvalue weighted by Crippen LogP contribution is 2.18. The fourth-order valence-corrected chi connectivity index (χ4v) is 2.25. The number of carbonyl (C=O) groups is 1. The van der Waals surface area contributed by atoms with E-state index in [0.29, 0.717) is 13.0 Å². The van der Waals surface area contributed by atoms with E-state index in [1.807, 2.05) is 31.2 Å². The molecule has 1 aromatic rings. The van der Waals surface area contributed by atoms with Gasteiger partial charge in [0, 0.05) is 13.1 Å². The molecule has 1 fully saturated rings. The quantitative estimate of drug-likeness (QED) is 0.851. The van der Waals surface area contributed by atoms with Crippen LogP contribution in [0.15, 0.2) is 24.3 Å². The topological polar surface area (TPSA) is 59.6 Å². The van der Waals surface area contributed by atoms with Gasteiger partial charge in [0.25, 0.3) is 0 Å². The average Bonchev–Trinajstić information content (AvgIpc) is 2.48. The Hall–Kier alpha value is -1.59. The van der Waals surface area contributed by atoms with Gasteiger partial charge in [-0.15, -0.1) is 0 Å². The molecule has 1 aromatic carbocycles. The molecule has 0 bridgehead atoms. The maximum atomic E-state index is 12.0. The molecule has 5 nitrogen and oxygen atoms in total. The van der Waals surface area contributed by atoms with Crippen LogP contribution < -0.4 is 15.4 Å². The lowest BCUT2D eigenvalue weighted by Gasteiger charge is -2.24. The predicted octanol–water partition coefficient (Wildman–Crippen LogP) is 1.25. The molecular formula is C15H22N2O3. The van der Waals surface area contributed by atoms with Crippen LogP contribution in [0.2, 0.25) is 0 Å². The molecule has 5 heteroatoms. The zero-order valence-electron chi connectivity index (χ0n) is 12.0. The van der Waals surface area contributed by atoms with Crippen molar-refractivity contribution < 1.29 is 14.3 Å². The summed E-state index contributed by atoms with van der Waals surface area (Å²) in [6.45, 7) is 4.23. The zero-order valence-corrected chi connectivity index (χ0v) is 12.0. The molecule has 2 N–H and O–H groups in total. The zero-order chi connectivity index (χ0) is 14.4. The molecule has 2 atom stereocenters. The lowest BCUT2D eigenvalue weighted by Crippen LogP contribution is -2.41. The first-order valence-corrected chi connectivity index (χ1v) is 6.94. The molecule has 0 saturated carbocycles. The van der Waals surface area contributed by atoms with E-state index in [2.05, 4.69) is 10.6 Å². The number of hydrogen-bond donors (Lipinski definition) is 2. The van der Waals surface area contributed by atoms with E-state index in [4.69, 9.17) is 9.47 Å². The molecule has 0 radical (unpaired) electrons. The standard InChI is InChI=1S/C15H22N2O3/c1-11(12-4-3-5-13(8-12)19-2)17-15(18)9-14-10-16-6-7-20-14/h3-5,8,11,14,16H,6-7,9-10H2,1-2H3,(H,17,18). The van der Waals surface area contributed by atoms with Crippen LogP contribution in [-0.4, -0.2) is 38.8 Å². The fraction of sp³-hybridized carbons (Fsp3) is 0.533. The molecule has 0 spiro atoms. The molecule has 2 unspecified atom stereocenters. The average molecular weight is 278 g/mol. The third kappa shape index (κ3) is 4.21. The molecule has 2 rings (SSSR count). The Bertz CT molecular complexity index is 444. The van der Waals surface area contributed by atoms with Crippen LogP contribution >= 0.6 is 0 Å². The highest BCUT2D eigenvalue weighted by Gasteiger charge is 2.18. The van der Waals surface area contributed by atoms with Crippen molar-refractivity contribution >= 4 is 5.91 Å². The second-order valence-electron chi connectivity index (χ2n) is 4.97. The van der Waals surface area contributed by atoms with E-state index in [1.54, 1.807) is 7.11 Å². The monoisotopic (exact) mass is 278 g/mol. The van der Waals surface area contributed by atoms with Crippen molar-refractivity contribution in [2.75, 3.05) is 26.8 Å². The molecular weight excluding hydrogens is 256 g/mol. The number of benzene rings is 1. The summed E-state index contributed by atoms with van der Waals surface area (Å²) in [5.74, 6) is 0.803. The van der Waals surface area contributed by atoms with Gasteiger partial charge in [0.2, 0.25) is 5.91 Å². The first-order valence-electron chi connectivity index (χ1n) is 6.94. The van der Waals surface area contributed by atoms with Gasteiger partial charge in [0.1, 0.15) is 5.75 Å². The van der Waals surface area contributed by atoms with Crippen LogP contribution in [0, 0.1) is 0 Å². The summed E-state index contributed by atoms with van der Waals surface area (Å²) in [7, 11) is 1.63. The summed E-state index contributed by atoms with van der Waals surface area (Å²) in [6.07, 6.45) is 0.364. The molecule has 1 aliphatic heterocycles. The van der Waals surface area contributed by atoms with E-state index < -0.39 is 0 Å². The number of rotatable bonds is 5. The van der Waals surface area contributed by atoms with Crippen LogP contribution in [-0.2, 0) is 9.53 Å². The van der Waals surface area contributed by atoms with Crippen molar-refractivity contribution in [3.63, 3.8) is 0 Å². The number of carbonyl (C=O) groups excluding carboxylic acids is 1. The van der Waals surface area contributed by atoms with Gasteiger partial charge in [-0.1, -0.05) is 12.1 Å². The van der Waals surface area contributed by atoms with Crippen molar-refractivity contribution in [2.45, 2.75) is 25.5 Å². The molecule has 110 valence electrons. The highest BCUT2D eigenvalue weighted by atomic mass is 16.5. The largest absolute Gasteiger partial charge is 0.497 e. The normalized spacial score (nSPS) is 20.2. The van der Waals surface area contributed by atoms with E-state index in [9.17, 15) is 4.79 Å². The Morgan fingerprint density at radius 2 is 2.45 bits per heavy atom. The number of hydrogen-bond acceptors (Lipinski definition) is 4. The maximum absolute atomic E-state index is 12.0. The second kappa shape index (κ2) is 7.26. The Labute approximate surface area is 119 Å². The van der Waals surface area contributed by atoms with Gasteiger partial charge in [-0.05, 0) is 24.6 Å². The van der Waals surface area contributed by atoms with Gasteiger partial charge in [-0.2, -0.15) is 0 Å². The lowest BCUT2D eigenvalue weighted by molar-refractivity contribution is -0.125. The summed E-state index contributed by atoms with van der Waals surface area (Å²) in [4.78, 5) is 12.0. The first-order chi connectivity index (χ1) is 9.69. The SMILES string of the molecule is COc1cccc(C(C)NC(=O)CC2CNCCO2)c1. The number of methoxy groups -OCH3 is 1. The minimum Gasteiger partial charge on any atom is -0.497 e.